The van der Waals surface area contributed by atoms with Gasteiger partial charge in [-0.15, -0.1) is 0 Å². The van der Waals surface area contributed by atoms with Crippen LogP contribution in [0, 0.1) is 0 Å². The standard InChI is InChI=1S/C3H6ClNO3S/c1-3(4)5-8-9(2,6)7/h1-2H3. The van der Waals surface area contributed by atoms with Crippen molar-refractivity contribution in [3.63, 3.8) is 0 Å². The maximum atomic E-state index is 10.1. The first-order valence-electron chi connectivity index (χ1n) is 2.00. The fourth-order valence-electron chi connectivity index (χ4n) is 0.119. The second-order valence-corrected chi connectivity index (χ2v) is 3.47. The van der Waals surface area contributed by atoms with Crippen LogP contribution in [0.3, 0.4) is 0 Å². The third-order valence-corrected chi connectivity index (χ3v) is 0.713. The Labute approximate surface area is 58.6 Å². The lowest BCUT2D eigenvalue weighted by molar-refractivity contribution is 0.344. The molecule has 0 saturated carbocycles. The molecular weight excluding hydrogens is 166 g/mol. The Morgan fingerprint density at radius 2 is 2.11 bits per heavy atom. The lowest BCUT2D eigenvalue weighted by Gasteiger charge is -1.90. The molecule has 0 radical (unpaired) electrons. The molecule has 6 heteroatoms. The SMILES string of the molecule is CC(Cl)=NOS(C)(=O)=O. The minimum Gasteiger partial charge on any atom is -0.268 e. The van der Waals surface area contributed by atoms with E-state index >= 15 is 0 Å². The summed E-state index contributed by atoms with van der Waals surface area (Å²) in [5.41, 5.74) is 0. The van der Waals surface area contributed by atoms with E-state index in [9.17, 15) is 8.42 Å². The molecule has 0 aliphatic carbocycles. The van der Waals surface area contributed by atoms with Gasteiger partial charge < -0.3 is 0 Å². The van der Waals surface area contributed by atoms with Crippen molar-refractivity contribution in [2.45, 2.75) is 6.92 Å². The summed E-state index contributed by atoms with van der Waals surface area (Å²) in [6, 6.07) is 0. The minimum atomic E-state index is -3.49. The summed E-state index contributed by atoms with van der Waals surface area (Å²) in [7, 11) is -3.49. The molecule has 4 nitrogen and oxygen atoms in total. The fraction of sp³-hybridized carbons (Fsp3) is 0.667. The van der Waals surface area contributed by atoms with Gasteiger partial charge in [0, 0.05) is 0 Å². The molecule has 0 aromatic carbocycles. The van der Waals surface area contributed by atoms with Crippen molar-refractivity contribution in [1.29, 1.82) is 0 Å². The quantitative estimate of drug-likeness (QED) is 0.450. The Hall–Kier alpha value is -0.290. The van der Waals surface area contributed by atoms with Crippen LogP contribution in [0.15, 0.2) is 5.16 Å². The lowest BCUT2D eigenvalue weighted by Crippen LogP contribution is -1.97. The highest BCUT2D eigenvalue weighted by molar-refractivity contribution is 7.85. The largest absolute Gasteiger partial charge is 0.325 e. The normalized spacial score (nSPS) is 13.4. The van der Waals surface area contributed by atoms with E-state index in [4.69, 9.17) is 11.6 Å². The van der Waals surface area contributed by atoms with E-state index in [0.717, 1.165) is 6.26 Å². The zero-order valence-electron chi connectivity index (χ0n) is 4.96. The summed E-state index contributed by atoms with van der Waals surface area (Å²) in [4.78, 5) is 0. The number of nitrogens with zero attached hydrogens (tertiary/aromatic N) is 1. The molecule has 0 unspecified atom stereocenters. The molecule has 0 spiro atoms. The van der Waals surface area contributed by atoms with Crippen LogP contribution in [-0.4, -0.2) is 19.8 Å². The summed E-state index contributed by atoms with van der Waals surface area (Å²) in [6.07, 6.45) is 0.885. The van der Waals surface area contributed by atoms with E-state index < -0.39 is 10.1 Å². The van der Waals surface area contributed by atoms with Crippen LogP contribution < -0.4 is 0 Å². The summed E-state index contributed by atoms with van der Waals surface area (Å²) in [6.45, 7) is 1.41. The number of oxime groups is 1. The Morgan fingerprint density at radius 1 is 1.67 bits per heavy atom. The highest BCUT2D eigenvalue weighted by Gasteiger charge is 1.97. The van der Waals surface area contributed by atoms with Gasteiger partial charge in [-0.1, -0.05) is 16.8 Å². The van der Waals surface area contributed by atoms with Crippen molar-refractivity contribution in [2.75, 3.05) is 6.26 Å². The number of halogens is 1. The van der Waals surface area contributed by atoms with Gasteiger partial charge in [0.05, 0.1) is 6.26 Å². The van der Waals surface area contributed by atoms with Gasteiger partial charge in [-0.3, -0.25) is 4.28 Å². The van der Waals surface area contributed by atoms with Crippen molar-refractivity contribution >= 4 is 26.9 Å². The van der Waals surface area contributed by atoms with Crippen LogP contribution >= 0.6 is 11.6 Å². The van der Waals surface area contributed by atoms with E-state index in [0.29, 0.717) is 0 Å². The van der Waals surface area contributed by atoms with Crippen LogP contribution in [0.4, 0.5) is 0 Å². The van der Waals surface area contributed by atoms with Gasteiger partial charge >= 0.3 is 10.1 Å². The molecule has 9 heavy (non-hydrogen) atoms. The molecule has 0 bridgehead atoms. The van der Waals surface area contributed by atoms with Crippen molar-refractivity contribution in [2.24, 2.45) is 5.16 Å². The van der Waals surface area contributed by atoms with Gasteiger partial charge in [0.25, 0.3) is 0 Å². The lowest BCUT2D eigenvalue weighted by atomic mass is 10.9. The molecule has 0 atom stereocenters. The number of hydrogen-bond donors (Lipinski definition) is 0. The molecule has 0 rings (SSSR count). The predicted octanol–water partition coefficient (Wildman–Crippen LogP) is 0.535. The molecular formula is C3H6ClNO3S. The predicted molar refractivity (Wildman–Crippen MR) is 34.9 cm³/mol. The Balaban J connectivity index is 3.95. The molecule has 0 N–H and O–H groups in total. The smallest absolute Gasteiger partial charge is 0.268 e. The zero-order chi connectivity index (χ0) is 7.49. The van der Waals surface area contributed by atoms with E-state index in [1.54, 1.807) is 0 Å². The van der Waals surface area contributed by atoms with E-state index in [1.165, 1.54) is 6.92 Å². The third-order valence-electron chi connectivity index (χ3n) is 0.298. The van der Waals surface area contributed by atoms with Gasteiger partial charge in [-0.05, 0) is 6.92 Å². The number of rotatable bonds is 2. The molecule has 0 fully saturated rings. The molecule has 54 valence electrons. The monoisotopic (exact) mass is 171 g/mol. The molecule has 0 aromatic rings. The zero-order valence-corrected chi connectivity index (χ0v) is 6.53. The molecule has 0 aliphatic heterocycles. The topological polar surface area (TPSA) is 55.7 Å². The van der Waals surface area contributed by atoms with Crippen LogP contribution in [0.1, 0.15) is 6.92 Å². The third kappa shape index (κ3) is 7.71. The number of hydrogen-bond acceptors (Lipinski definition) is 4. The van der Waals surface area contributed by atoms with Gasteiger partial charge in [0.2, 0.25) is 0 Å². The van der Waals surface area contributed by atoms with E-state index in [2.05, 4.69) is 9.44 Å². The summed E-state index contributed by atoms with van der Waals surface area (Å²) < 4.78 is 24.2. The highest BCUT2D eigenvalue weighted by atomic mass is 35.5. The summed E-state index contributed by atoms with van der Waals surface area (Å²) in [5.74, 6) is 0. The van der Waals surface area contributed by atoms with Gasteiger partial charge in [0.1, 0.15) is 5.17 Å². The Morgan fingerprint density at radius 3 is 2.22 bits per heavy atom. The first kappa shape index (κ1) is 8.71. The second kappa shape index (κ2) is 3.03. The summed E-state index contributed by atoms with van der Waals surface area (Å²) in [5, 5.41) is 3.03. The Bertz CT molecular complexity index is 203. The molecule has 0 amide bonds. The van der Waals surface area contributed by atoms with Crippen LogP contribution in [0.25, 0.3) is 0 Å². The molecule has 0 heterocycles. The van der Waals surface area contributed by atoms with E-state index in [1.807, 2.05) is 0 Å². The van der Waals surface area contributed by atoms with Crippen molar-refractivity contribution < 1.29 is 12.7 Å². The Kier molecular flexibility index (Phi) is 2.93. The van der Waals surface area contributed by atoms with Gasteiger partial charge in [0.15, 0.2) is 0 Å². The first-order valence-corrected chi connectivity index (χ1v) is 4.20. The van der Waals surface area contributed by atoms with Crippen LogP contribution in [-0.2, 0) is 14.4 Å². The van der Waals surface area contributed by atoms with Crippen molar-refractivity contribution in [3.05, 3.63) is 0 Å². The average Bonchev–Trinajstić information content (AvgIpc) is 1.59. The fourth-order valence-corrected chi connectivity index (χ4v) is 0.442. The average molecular weight is 172 g/mol. The molecule has 0 saturated heterocycles. The van der Waals surface area contributed by atoms with Crippen molar-refractivity contribution in [1.82, 2.24) is 0 Å². The van der Waals surface area contributed by atoms with Crippen molar-refractivity contribution in [3.8, 4) is 0 Å². The molecule has 0 aliphatic rings. The van der Waals surface area contributed by atoms with Crippen LogP contribution in [0.2, 0.25) is 0 Å². The van der Waals surface area contributed by atoms with Crippen LogP contribution in [0.5, 0.6) is 0 Å². The summed E-state index contributed by atoms with van der Waals surface area (Å²) >= 11 is 5.14. The maximum absolute atomic E-state index is 10.1. The second-order valence-electron chi connectivity index (χ2n) is 1.37. The van der Waals surface area contributed by atoms with E-state index in [-0.39, 0.29) is 5.17 Å². The van der Waals surface area contributed by atoms with Gasteiger partial charge in [-0.25, -0.2) is 0 Å². The first-order chi connectivity index (χ1) is 3.92. The minimum absolute atomic E-state index is 0.0421. The highest BCUT2D eigenvalue weighted by Crippen LogP contribution is 1.90. The molecule has 0 aromatic heterocycles. The van der Waals surface area contributed by atoms with Gasteiger partial charge in [-0.2, -0.15) is 8.42 Å². The maximum Gasteiger partial charge on any atom is 0.325 e.